The predicted octanol–water partition coefficient (Wildman–Crippen LogP) is 2.50. The van der Waals surface area contributed by atoms with Gasteiger partial charge in [0.25, 0.3) is 0 Å². The summed E-state index contributed by atoms with van der Waals surface area (Å²) in [6, 6.07) is 6.59. The summed E-state index contributed by atoms with van der Waals surface area (Å²) in [4.78, 5) is 2.64. The van der Waals surface area contributed by atoms with E-state index in [0.29, 0.717) is 12.1 Å². The van der Waals surface area contributed by atoms with E-state index >= 15 is 0 Å². The van der Waals surface area contributed by atoms with Gasteiger partial charge in [-0.05, 0) is 61.4 Å². The van der Waals surface area contributed by atoms with E-state index in [9.17, 15) is 4.39 Å². The van der Waals surface area contributed by atoms with Gasteiger partial charge in [-0.15, -0.1) is 0 Å². The van der Waals surface area contributed by atoms with Crippen LogP contribution < -0.4 is 5.32 Å². The lowest BCUT2D eigenvalue weighted by Gasteiger charge is -2.25. The Hall–Kier alpha value is -0.930. The number of nitrogens with zero attached hydrogens (tertiary/aromatic N) is 1. The molecule has 2 heterocycles. The van der Waals surface area contributed by atoms with Crippen molar-refractivity contribution < 1.29 is 4.39 Å². The summed E-state index contributed by atoms with van der Waals surface area (Å²) in [5, 5.41) is 3.67. The van der Waals surface area contributed by atoms with Gasteiger partial charge in [-0.25, -0.2) is 4.39 Å². The van der Waals surface area contributed by atoms with Crippen LogP contribution in [-0.4, -0.2) is 30.6 Å². The first-order valence-corrected chi connectivity index (χ1v) is 7.57. The zero-order valence-electron chi connectivity index (χ0n) is 11.2. The van der Waals surface area contributed by atoms with Gasteiger partial charge >= 0.3 is 0 Å². The minimum Gasteiger partial charge on any atom is -0.312 e. The molecule has 3 aliphatic rings. The summed E-state index contributed by atoms with van der Waals surface area (Å²) < 4.78 is 13.3. The molecule has 1 N–H and O–H groups in total. The highest BCUT2D eigenvalue weighted by Crippen LogP contribution is 2.39. The van der Waals surface area contributed by atoms with Crippen LogP contribution in [0.1, 0.15) is 36.4 Å². The molecule has 1 aromatic carbocycles. The second-order valence-electron chi connectivity index (χ2n) is 6.31. The lowest BCUT2D eigenvalue weighted by Crippen LogP contribution is -2.40. The Balaban J connectivity index is 1.56. The average molecular weight is 260 g/mol. The zero-order chi connectivity index (χ0) is 12.8. The summed E-state index contributed by atoms with van der Waals surface area (Å²) in [6.07, 6.45) is 4.90. The third-order valence-corrected chi connectivity index (χ3v) is 5.22. The largest absolute Gasteiger partial charge is 0.312 e. The summed E-state index contributed by atoms with van der Waals surface area (Å²) in [5.41, 5.74) is 2.60. The molecule has 3 atom stereocenters. The summed E-state index contributed by atoms with van der Waals surface area (Å²) >= 11 is 0. The fourth-order valence-electron chi connectivity index (χ4n) is 4.28. The first-order chi connectivity index (χ1) is 9.31. The normalized spacial score (nSPS) is 34.3. The number of likely N-dealkylation sites (tertiary alicyclic amines) is 1. The number of piperidine rings is 1. The van der Waals surface area contributed by atoms with Crippen molar-refractivity contribution in [1.82, 2.24) is 10.2 Å². The van der Waals surface area contributed by atoms with Crippen LogP contribution in [0.3, 0.4) is 0 Å². The van der Waals surface area contributed by atoms with Crippen LogP contribution in [0, 0.1) is 11.7 Å². The highest BCUT2D eigenvalue weighted by molar-refractivity contribution is 5.35. The molecule has 1 aromatic rings. The molecule has 102 valence electrons. The average Bonchev–Trinajstić information content (AvgIpc) is 3.00. The van der Waals surface area contributed by atoms with Crippen LogP contribution in [0.5, 0.6) is 0 Å². The van der Waals surface area contributed by atoms with E-state index in [0.717, 1.165) is 18.8 Å². The SMILES string of the molecule is Fc1ccc2c(c1)CCC2N1C[C@@H]2CCCN[C@@H]2C1. The number of aryl methyl sites for hydroxylation is 1. The van der Waals surface area contributed by atoms with Crippen LogP contribution in [0.15, 0.2) is 18.2 Å². The number of fused-ring (bicyclic) bond motifs is 2. The lowest BCUT2D eigenvalue weighted by atomic mass is 9.94. The highest BCUT2D eigenvalue weighted by Gasteiger charge is 2.39. The van der Waals surface area contributed by atoms with Crippen molar-refractivity contribution in [2.24, 2.45) is 5.92 Å². The molecular formula is C16H21FN2. The molecule has 0 spiro atoms. The molecule has 0 aromatic heterocycles. The molecule has 1 unspecified atom stereocenters. The lowest BCUT2D eigenvalue weighted by molar-refractivity contribution is 0.234. The predicted molar refractivity (Wildman–Crippen MR) is 73.5 cm³/mol. The summed E-state index contributed by atoms with van der Waals surface area (Å²) in [5.74, 6) is 0.745. The molecule has 0 amide bonds. The van der Waals surface area contributed by atoms with Crippen molar-refractivity contribution in [2.45, 2.75) is 37.8 Å². The molecule has 1 aliphatic carbocycles. The monoisotopic (exact) mass is 260 g/mol. The van der Waals surface area contributed by atoms with Gasteiger partial charge in [-0.3, -0.25) is 4.90 Å². The Morgan fingerprint density at radius 1 is 1.21 bits per heavy atom. The van der Waals surface area contributed by atoms with Crippen molar-refractivity contribution in [3.05, 3.63) is 35.1 Å². The molecule has 3 heteroatoms. The Morgan fingerprint density at radius 3 is 3.05 bits per heavy atom. The standard InChI is InChI=1S/C16H21FN2/c17-13-4-5-14-11(8-13)3-6-16(14)19-9-12-2-1-7-18-15(12)10-19/h4-5,8,12,15-16,18H,1-3,6-7,9-10H2/t12-,15+,16?/m0/s1. The minimum atomic E-state index is -0.0869. The molecule has 2 saturated heterocycles. The van der Waals surface area contributed by atoms with Crippen molar-refractivity contribution in [2.75, 3.05) is 19.6 Å². The van der Waals surface area contributed by atoms with E-state index in [2.05, 4.69) is 10.2 Å². The quantitative estimate of drug-likeness (QED) is 0.834. The molecule has 0 bridgehead atoms. The number of halogens is 1. The molecule has 2 fully saturated rings. The first kappa shape index (κ1) is 11.9. The number of benzene rings is 1. The van der Waals surface area contributed by atoms with Crippen molar-refractivity contribution >= 4 is 0 Å². The van der Waals surface area contributed by atoms with E-state index in [-0.39, 0.29) is 5.82 Å². The third kappa shape index (κ3) is 2.00. The Morgan fingerprint density at radius 2 is 2.16 bits per heavy atom. The minimum absolute atomic E-state index is 0.0869. The third-order valence-electron chi connectivity index (χ3n) is 5.22. The molecule has 2 nitrogen and oxygen atoms in total. The Kier molecular flexibility index (Phi) is 2.85. The van der Waals surface area contributed by atoms with Gasteiger partial charge in [0.05, 0.1) is 0 Å². The smallest absolute Gasteiger partial charge is 0.123 e. The first-order valence-electron chi connectivity index (χ1n) is 7.57. The van der Waals surface area contributed by atoms with Crippen LogP contribution in [0.2, 0.25) is 0 Å². The molecular weight excluding hydrogens is 239 g/mol. The van der Waals surface area contributed by atoms with Crippen LogP contribution in [0.4, 0.5) is 4.39 Å². The maximum absolute atomic E-state index is 13.3. The number of hydrogen-bond acceptors (Lipinski definition) is 2. The second kappa shape index (κ2) is 4.57. The summed E-state index contributed by atoms with van der Waals surface area (Å²) in [6.45, 7) is 3.58. The van der Waals surface area contributed by atoms with E-state index in [1.165, 1.54) is 43.6 Å². The van der Waals surface area contributed by atoms with E-state index in [1.807, 2.05) is 6.07 Å². The van der Waals surface area contributed by atoms with Gasteiger partial charge in [0.15, 0.2) is 0 Å². The highest BCUT2D eigenvalue weighted by atomic mass is 19.1. The van der Waals surface area contributed by atoms with Crippen molar-refractivity contribution in [3.63, 3.8) is 0 Å². The molecule has 4 rings (SSSR count). The van der Waals surface area contributed by atoms with Gasteiger partial charge in [-0.1, -0.05) is 6.07 Å². The second-order valence-corrected chi connectivity index (χ2v) is 6.31. The van der Waals surface area contributed by atoms with E-state index in [1.54, 1.807) is 12.1 Å². The summed E-state index contributed by atoms with van der Waals surface area (Å²) in [7, 11) is 0. The Bertz CT molecular complexity index is 474. The van der Waals surface area contributed by atoms with Crippen LogP contribution in [0.25, 0.3) is 0 Å². The fourth-order valence-corrected chi connectivity index (χ4v) is 4.28. The number of nitrogens with one attached hydrogen (secondary N) is 1. The van der Waals surface area contributed by atoms with Gasteiger partial charge in [-0.2, -0.15) is 0 Å². The fraction of sp³-hybridized carbons (Fsp3) is 0.625. The maximum Gasteiger partial charge on any atom is 0.123 e. The van der Waals surface area contributed by atoms with Gasteiger partial charge in [0, 0.05) is 25.2 Å². The molecule has 2 aliphatic heterocycles. The van der Waals surface area contributed by atoms with Gasteiger partial charge < -0.3 is 5.32 Å². The van der Waals surface area contributed by atoms with Crippen molar-refractivity contribution in [3.8, 4) is 0 Å². The Labute approximate surface area is 114 Å². The molecule has 0 saturated carbocycles. The van der Waals surface area contributed by atoms with Crippen molar-refractivity contribution in [1.29, 1.82) is 0 Å². The molecule has 0 radical (unpaired) electrons. The maximum atomic E-state index is 13.3. The zero-order valence-corrected chi connectivity index (χ0v) is 11.2. The topological polar surface area (TPSA) is 15.3 Å². The number of rotatable bonds is 1. The van der Waals surface area contributed by atoms with Gasteiger partial charge in [0.1, 0.15) is 5.82 Å². The molecule has 19 heavy (non-hydrogen) atoms. The van der Waals surface area contributed by atoms with Crippen LogP contribution >= 0.6 is 0 Å². The van der Waals surface area contributed by atoms with E-state index < -0.39 is 0 Å². The van der Waals surface area contributed by atoms with E-state index in [4.69, 9.17) is 0 Å². The number of hydrogen-bond donors (Lipinski definition) is 1. The van der Waals surface area contributed by atoms with Gasteiger partial charge in [0.2, 0.25) is 0 Å². The van der Waals surface area contributed by atoms with Crippen LogP contribution in [-0.2, 0) is 6.42 Å².